The maximum atomic E-state index is 12.6. The number of rotatable bonds is 5. The number of amides is 1. The zero-order chi connectivity index (χ0) is 26.1. The van der Waals surface area contributed by atoms with E-state index < -0.39 is 0 Å². The quantitative estimate of drug-likeness (QED) is 0.521. The number of piperidine rings is 1. The summed E-state index contributed by atoms with van der Waals surface area (Å²) in [6, 6.07) is 14.1. The number of hydrogen-bond donors (Lipinski definition) is 1. The molecule has 0 saturated carbocycles. The van der Waals surface area contributed by atoms with Gasteiger partial charge in [-0.1, -0.05) is 41.9 Å². The van der Waals surface area contributed by atoms with E-state index in [2.05, 4.69) is 25.0 Å². The van der Waals surface area contributed by atoms with Gasteiger partial charge >= 0.3 is 6.09 Å². The van der Waals surface area contributed by atoms with Crippen LogP contribution >= 0.6 is 11.6 Å². The molecule has 2 bridgehead atoms. The number of hydrogen-bond acceptors (Lipinski definition) is 9. The summed E-state index contributed by atoms with van der Waals surface area (Å²) in [6.07, 6.45) is 5.47. The van der Waals surface area contributed by atoms with E-state index in [0.717, 1.165) is 61.7 Å². The lowest BCUT2D eigenvalue weighted by Gasteiger charge is -2.42. The summed E-state index contributed by atoms with van der Waals surface area (Å²) in [7, 11) is 0. The molecule has 3 fully saturated rings. The lowest BCUT2D eigenvalue weighted by atomic mass is 9.93. The van der Waals surface area contributed by atoms with E-state index in [0.29, 0.717) is 36.6 Å². The Labute approximate surface area is 226 Å². The van der Waals surface area contributed by atoms with Crippen molar-refractivity contribution < 1.29 is 9.53 Å². The van der Waals surface area contributed by atoms with Crippen molar-refractivity contribution in [3.05, 3.63) is 65.1 Å². The summed E-state index contributed by atoms with van der Waals surface area (Å²) < 4.78 is 5.52. The molecule has 0 spiro atoms. The number of halogens is 1. The van der Waals surface area contributed by atoms with Crippen molar-refractivity contribution in [3.63, 3.8) is 0 Å². The van der Waals surface area contributed by atoms with Gasteiger partial charge in [0.1, 0.15) is 6.61 Å². The molecular weight excluding hydrogens is 504 g/mol. The second-order valence-electron chi connectivity index (χ2n) is 10.2. The monoisotopic (exact) mass is 534 g/mol. The lowest BCUT2D eigenvalue weighted by molar-refractivity contribution is 0.0868. The Morgan fingerprint density at radius 2 is 1.76 bits per heavy atom. The first-order valence-electron chi connectivity index (χ1n) is 13.2. The molecule has 3 aliphatic heterocycles. The highest BCUT2D eigenvalue weighted by atomic mass is 35.5. The van der Waals surface area contributed by atoms with Gasteiger partial charge in [-0.05, 0) is 37.3 Å². The zero-order valence-corrected chi connectivity index (χ0v) is 21.9. The molecule has 1 aromatic carbocycles. The van der Waals surface area contributed by atoms with Gasteiger partial charge < -0.3 is 25.2 Å². The summed E-state index contributed by atoms with van der Waals surface area (Å²) in [5.41, 5.74) is 8.98. The molecular formula is C27H31ClN8O2. The predicted molar refractivity (Wildman–Crippen MR) is 145 cm³/mol. The topological polar surface area (TPSA) is 114 Å². The van der Waals surface area contributed by atoms with E-state index in [4.69, 9.17) is 27.1 Å². The molecule has 198 valence electrons. The first kappa shape index (κ1) is 24.7. The van der Waals surface area contributed by atoms with Crippen LogP contribution in [0.4, 0.5) is 22.2 Å². The van der Waals surface area contributed by atoms with Gasteiger partial charge in [-0.2, -0.15) is 0 Å². The normalized spacial score (nSPS) is 21.6. The number of nitrogens with two attached hydrogens (primary N) is 1. The minimum Gasteiger partial charge on any atom is -0.445 e. The minimum absolute atomic E-state index is 0.253. The molecule has 5 heterocycles. The third-order valence-electron chi connectivity index (χ3n) is 7.87. The average molecular weight is 535 g/mol. The fourth-order valence-electron chi connectivity index (χ4n) is 5.93. The van der Waals surface area contributed by atoms with Crippen molar-refractivity contribution in [1.29, 1.82) is 0 Å². The SMILES string of the molecule is Nc1nnc(Cl)cc1N1C[C@H]2CC[C@@H](C1)N2c1nccc(C2CCN(C(=O)OCc3ccccc3)CC2)n1. The number of fused-ring (bicyclic) bond motifs is 2. The van der Waals surface area contributed by atoms with Gasteiger partial charge in [-0.25, -0.2) is 14.8 Å². The molecule has 1 amide bonds. The third-order valence-corrected chi connectivity index (χ3v) is 8.05. The number of anilines is 3. The van der Waals surface area contributed by atoms with E-state index in [1.165, 1.54) is 0 Å². The predicted octanol–water partition coefficient (Wildman–Crippen LogP) is 3.88. The second kappa shape index (κ2) is 10.6. The van der Waals surface area contributed by atoms with Gasteiger partial charge in [0.25, 0.3) is 0 Å². The largest absolute Gasteiger partial charge is 0.445 e. The smallest absolute Gasteiger partial charge is 0.410 e. The van der Waals surface area contributed by atoms with Crippen molar-refractivity contribution in [1.82, 2.24) is 25.1 Å². The highest BCUT2D eigenvalue weighted by molar-refractivity contribution is 6.29. The van der Waals surface area contributed by atoms with Crippen molar-refractivity contribution in [2.24, 2.45) is 0 Å². The van der Waals surface area contributed by atoms with Gasteiger partial charge in [0.05, 0.1) is 5.69 Å². The summed E-state index contributed by atoms with van der Waals surface area (Å²) in [4.78, 5) is 28.7. The first-order valence-corrected chi connectivity index (χ1v) is 13.5. The highest BCUT2D eigenvalue weighted by Crippen LogP contribution is 2.37. The van der Waals surface area contributed by atoms with Crippen LogP contribution in [0.25, 0.3) is 0 Å². The van der Waals surface area contributed by atoms with Crippen LogP contribution in [0.5, 0.6) is 0 Å². The summed E-state index contributed by atoms with van der Waals surface area (Å²) in [6.45, 7) is 3.22. The maximum absolute atomic E-state index is 12.6. The van der Waals surface area contributed by atoms with Crippen LogP contribution in [0.2, 0.25) is 5.15 Å². The third kappa shape index (κ3) is 5.05. The summed E-state index contributed by atoms with van der Waals surface area (Å²) in [5, 5.41) is 8.18. The average Bonchev–Trinajstić information content (AvgIpc) is 3.22. The Morgan fingerprint density at radius 1 is 1.03 bits per heavy atom. The van der Waals surface area contributed by atoms with Crippen LogP contribution in [-0.2, 0) is 11.3 Å². The Bertz CT molecular complexity index is 1270. The maximum Gasteiger partial charge on any atom is 0.410 e. The van der Waals surface area contributed by atoms with Crippen LogP contribution in [0.1, 0.15) is 42.9 Å². The molecule has 6 rings (SSSR count). The number of carbonyl (C=O) groups is 1. The van der Waals surface area contributed by atoms with Crippen molar-refractivity contribution in [2.75, 3.05) is 41.7 Å². The lowest BCUT2D eigenvalue weighted by Crippen LogP contribution is -2.54. The van der Waals surface area contributed by atoms with Crippen LogP contribution in [-0.4, -0.2) is 69.4 Å². The highest BCUT2D eigenvalue weighted by Gasteiger charge is 2.42. The molecule has 2 N–H and O–H groups in total. The Kier molecular flexibility index (Phi) is 6.88. The van der Waals surface area contributed by atoms with E-state index >= 15 is 0 Å². The Hall–Kier alpha value is -3.66. The van der Waals surface area contributed by atoms with E-state index in [-0.39, 0.29) is 18.2 Å². The van der Waals surface area contributed by atoms with Gasteiger partial charge in [0, 0.05) is 62.1 Å². The van der Waals surface area contributed by atoms with Crippen LogP contribution in [0.3, 0.4) is 0 Å². The van der Waals surface area contributed by atoms with E-state index in [9.17, 15) is 4.79 Å². The molecule has 3 aliphatic rings. The molecule has 38 heavy (non-hydrogen) atoms. The molecule has 2 aromatic heterocycles. The van der Waals surface area contributed by atoms with Crippen LogP contribution in [0, 0.1) is 0 Å². The van der Waals surface area contributed by atoms with Gasteiger partial charge in [-0.3, -0.25) is 0 Å². The molecule has 10 nitrogen and oxygen atoms in total. The molecule has 0 aliphatic carbocycles. The van der Waals surface area contributed by atoms with Gasteiger partial charge in [0.15, 0.2) is 11.0 Å². The molecule has 2 atom stereocenters. The standard InChI is InChI=1S/C27H31ClN8O2/c28-24-14-23(25(29)33-32-24)35-15-20-6-7-21(16-35)36(20)26-30-11-8-22(31-26)19-9-12-34(13-10-19)27(37)38-17-18-4-2-1-3-5-18/h1-5,8,11,14,19-21H,6-7,9-10,12-13,15-17H2,(H2,29,33)/t20-,21+. The molecule has 3 aromatic rings. The van der Waals surface area contributed by atoms with Crippen LogP contribution in [0.15, 0.2) is 48.7 Å². The number of benzene rings is 1. The number of piperazine rings is 1. The van der Waals surface area contributed by atoms with Crippen molar-refractivity contribution in [3.8, 4) is 0 Å². The van der Waals surface area contributed by atoms with Gasteiger partial charge in [-0.15, -0.1) is 10.2 Å². The molecule has 11 heteroatoms. The van der Waals surface area contributed by atoms with E-state index in [1.54, 1.807) is 11.0 Å². The summed E-state index contributed by atoms with van der Waals surface area (Å²) >= 11 is 6.09. The minimum atomic E-state index is -0.253. The number of nitrogen functional groups attached to an aromatic ring is 1. The fraction of sp³-hybridized carbons (Fsp3) is 0.444. The number of carbonyl (C=O) groups excluding carboxylic acids is 1. The second-order valence-corrected chi connectivity index (χ2v) is 10.6. The number of likely N-dealkylation sites (tertiary alicyclic amines) is 1. The molecule has 0 radical (unpaired) electrons. The zero-order valence-electron chi connectivity index (χ0n) is 21.1. The number of nitrogens with zero attached hydrogens (tertiary/aromatic N) is 7. The van der Waals surface area contributed by atoms with Crippen molar-refractivity contribution >= 4 is 35.1 Å². The molecule has 3 saturated heterocycles. The fourth-order valence-corrected chi connectivity index (χ4v) is 6.07. The van der Waals surface area contributed by atoms with E-state index in [1.807, 2.05) is 42.6 Å². The number of aromatic nitrogens is 4. The Morgan fingerprint density at radius 3 is 2.50 bits per heavy atom. The van der Waals surface area contributed by atoms with Gasteiger partial charge in [0.2, 0.25) is 5.95 Å². The molecule has 0 unspecified atom stereocenters. The Balaban J connectivity index is 1.08. The van der Waals surface area contributed by atoms with Crippen LogP contribution < -0.4 is 15.5 Å². The number of ether oxygens (including phenoxy) is 1. The first-order chi connectivity index (χ1) is 18.5. The summed E-state index contributed by atoms with van der Waals surface area (Å²) in [5.74, 6) is 1.48. The van der Waals surface area contributed by atoms with Crippen molar-refractivity contribution in [2.45, 2.75) is 50.3 Å².